The summed E-state index contributed by atoms with van der Waals surface area (Å²) in [5.74, 6) is 0.790. The van der Waals surface area contributed by atoms with E-state index in [1.165, 1.54) is 10.8 Å². The van der Waals surface area contributed by atoms with Gasteiger partial charge < -0.3 is 9.84 Å². The zero-order chi connectivity index (χ0) is 17.1. The third-order valence-electron chi connectivity index (χ3n) is 4.22. The number of hydrogen-bond acceptors (Lipinski definition) is 2. The van der Waals surface area contributed by atoms with Crippen molar-refractivity contribution in [2.24, 2.45) is 0 Å². The quantitative estimate of drug-likeness (QED) is 0.650. The fraction of sp³-hybridized carbons (Fsp3) is 0.273. The summed E-state index contributed by atoms with van der Waals surface area (Å²) in [6.45, 7) is 6.01. The summed E-state index contributed by atoms with van der Waals surface area (Å²) in [6.07, 6.45) is 0.186. The first-order valence-electron chi connectivity index (χ1n) is 8.57. The number of para-hydroxylation sites is 1. The Morgan fingerprint density at radius 2 is 1.54 bits per heavy atom. The molecule has 24 heavy (non-hydrogen) atoms. The molecule has 0 fully saturated rings. The molecule has 0 bridgehead atoms. The molecule has 0 saturated carbocycles. The summed E-state index contributed by atoms with van der Waals surface area (Å²) in [6, 6.07) is 20.7. The van der Waals surface area contributed by atoms with Crippen LogP contribution in [0.2, 0.25) is 0 Å². The molecule has 0 aliphatic carbocycles. The van der Waals surface area contributed by atoms with Crippen LogP contribution < -0.4 is 4.74 Å². The molecule has 0 amide bonds. The Morgan fingerprint density at radius 1 is 0.875 bits per heavy atom. The van der Waals surface area contributed by atoms with Gasteiger partial charge in [0.25, 0.3) is 0 Å². The van der Waals surface area contributed by atoms with Crippen LogP contribution in [0.1, 0.15) is 38.9 Å². The molecule has 3 aromatic rings. The van der Waals surface area contributed by atoms with Gasteiger partial charge in [0.1, 0.15) is 5.75 Å². The number of hydrogen-bond donors (Lipinski definition) is 1. The molecule has 1 N–H and O–H groups in total. The van der Waals surface area contributed by atoms with Crippen LogP contribution in [-0.4, -0.2) is 11.2 Å². The number of aliphatic hydroxyl groups is 1. The summed E-state index contributed by atoms with van der Waals surface area (Å²) >= 11 is 0. The predicted octanol–water partition coefficient (Wildman–Crippen LogP) is 5.74. The Morgan fingerprint density at radius 3 is 2.29 bits per heavy atom. The third kappa shape index (κ3) is 3.15. The van der Waals surface area contributed by atoms with Crippen LogP contribution in [0.4, 0.5) is 0 Å². The lowest BCUT2D eigenvalue weighted by Gasteiger charge is -2.21. The van der Waals surface area contributed by atoms with Crippen molar-refractivity contribution in [3.05, 3.63) is 66.2 Å². The molecular weight excluding hydrogens is 296 g/mol. The lowest BCUT2D eigenvalue weighted by atomic mass is 9.94. The van der Waals surface area contributed by atoms with Gasteiger partial charge in [-0.3, -0.25) is 0 Å². The highest BCUT2D eigenvalue weighted by molar-refractivity contribution is 5.98. The molecular formula is C22H24O2. The highest BCUT2D eigenvalue weighted by Crippen LogP contribution is 2.40. The van der Waals surface area contributed by atoms with E-state index < -0.39 is 6.10 Å². The molecule has 0 aromatic heterocycles. The van der Waals surface area contributed by atoms with Crippen molar-refractivity contribution in [3.63, 3.8) is 0 Å². The lowest BCUT2D eigenvalue weighted by Crippen LogP contribution is -2.10. The average molecular weight is 320 g/mol. The van der Waals surface area contributed by atoms with Crippen molar-refractivity contribution in [2.75, 3.05) is 0 Å². The molecule has 0 radical (unpaired) electrons. The van der Waals surface area contributed by atoms with E-state index in [9.17, 15) is 5.11 Å². The van der Waals surface area contributed by atoms with Crippen LogP contribution in [0.25, 0.3) is 21.9 Å². The molecule has 0 saturated heterocycles. The smallest absolute Gasteiger partial charge is 0.133 e. The minimum atomic E-state index is -0.520. The molecule has 0 aliphatic heterocycles. The van der Waals surface area contributed by atoms with Gasteiger partial charge in [0.15, 0.2) is 0 Å². The van der Waals surface area contributed by atoms with Crippen molar-refractivity contribution in [3.8, 4) is 16.9 Å². The van der Waals surface area contributed by atoms with Crippen molar-refractivity contribution < 1.29 is 9.84 Å². The zero-order valence-corrected chi connectivity index (χ0v) is 14.5. The second-order valence-electron chi connectivity index (χ2n) is 6.34. The Hall–Kier alpha value is -2.32. The van der Waals surface area contributed by atoms with Gasteiger partial charge in [0.05, 0.1) is 12.2 Å². The van der Waals surface area contributed by atoms with Crippen molar-refractivity contribution in [2.45, 2.75) is 39.4 Å². The largest absolute Gasteiger partial charge is 0.490 e. The summed E-state index contributed by atoms with van der Waals surface area (Å²) in [5, 5.41) is 12.8. The summed E-state index contributed by atoms with van der Waals surface area (Å²) in [5.41, 5.74) is 3.02. The van der Waals surface area contributed by atoms with E-state index in [1.54, 1.807) is 0 Å². The van der Waals surface area contributed by atoms with Crippen LogP contribution in [0.15, 0.2) is 60.7 Å². The van der Waals surface area contributed by atoms with Gasteiger partial charge in [-0.15, -0.1) is 0 Å². The maximum atomic E-state index is 10.4. The Balaban J connectivity index is 2.26. The SMILES string of the molecule is CC[C@H](O)c1cccc(-c2cccc3ccccc23)c1OC(C)C. The number of fused-ring (bicyclic) bond motifs is 1. The number of rotatable bonds is 5. The first-order valence-corrected chi connectivity index (χ1v) is 8.57. The van der Waals surface area contributed by atoms with Crippen LogP contribution in [0.5, 0.6) is 5.75 Å². The summed E-state index contributed by atoms with van der Waals surface area (Å²) in [4.78, 5) is 0. The third-order valence-corrected chi connectivity index (χ3v) is 4.22. The molecule has 2 nitrogen and oxygen atoms in total. The topological polar surface area (TPSA) is 29.5 Å². The molecule has 0 heterocycles. The van der Waals surface area contributed by atoms with E-state index in [1.807, 2.05) is 32.9 Å². The summed E-state index contributed by atoms with van der Waals surface area (Å²) < 4.78 is 6.14. The Kier molecular flexibility index (Phi) is 4.86. The molecule has 0 unspecified atom stereocenters. The minimum absolute atomic E-state index is 0.0453. The van der Waals surface area contributed by atoms with Gasteiger partial charge in [-0.25, -0.2) is 0 Å². The summed E-state index contributed by atoms with van der Waals surface area (Å²) in [7, 11) is 0. The second-order valence-corrected chi connectivity index (χ2v) is 6.34. The van der Waals surface area contributed by atoms with Gasteiger partial charge in [-0.2, -0.15) is 0 Å². The zero-order valence-electron chi connectivity index (χ0n) is 14.5. The van der Waals surface area contributed by atoms with Crippen LogP contribution >= 0.6 is 0 Å². The minimum Gasteiger partial charge on any atom is -0.490 e. The molecule has 0 aliphatic rings. The highest BCUT2D eigenvalue weighted by atomic mass is 16.5. The van der Waals surface area contributed by atoms with Crippen LogP contribution in [-0.2, 0) is 0 Å². The fourth-order valence-electron chi connectivity index (χ4n) is 3.08. The highest BCUT2D eigenvalue weighted by Gasteiger charge is 2.18. The normalized spacial score (nSPS) is 12.5. The molecule has 3 rings (SSSR count). The molecule has 2 heteroatoms. The van der Waals surface area contributed by atoms with E-state index in [0.717, 1.165) is 22.4 Å². The Labute approximate surface area is 143 Å². The molecule has 0 spiro atoms. The maximum absolute atomic E-state index is 10.4. The van der Waals surface area contributed by atoms with Gasteiger partial charge in [0, 0.05) is 11.1 Å². The second kappa shape index (κ2) is 7.06. The van der Waals surface area contributed by atoms with E-state index >= 15 is 0 Å². The molecule has 1 atom stereocenters. The molecule has 3 aromatic carbocycles. The number of ether oxygens (including phenoxy) is 1. The van der Waals surface area contributed by atoms with Crippen molar-refractivity contribution in [1.82, 2.24) is 0 Å². The van der Waals surface area contributed by atoms with Crippen LogP contribution in [0, 0.1) is 0 Å². The number of benzene rings is 3. The predicted molar refractivity (Wildman–Crippen MR) is 100 cm³/mol. The molecule has 124 valence electrons. The van der Waals surface area contributed by atoms with E-state index in [2.05, 4.69) is 48.5 Å². The van der Waals surface area contributed by atoms with Gasteiger partial charge in [-0.1, -0.05) is 67.6 Å². The van der Waals surface area contributed by atoms with Gasteiger partial charge in [0.2, 0.25) is 0 Å². The van der Waals surface area contributed by atoms with E-state index in [4.69, 9.17) is 4.74 Å². The standard InChI is InChI=1S/C22H24O2/c1-4-21(23)20-14-8-13-19(22(20)24-15(2)3)18-12-7-10-16-9-5-6-11-17(16)18/h5-15,21,23H,4H2,1-3H3/t21-/m0/s1. The number of aliphatic hydroxyl groups excluding tert-OH is 1. The fourth-order valence-corrected chi connectivity index (χ4v) is 3.08. The maximum Gasteiger partial charge on any atom is 0.133 e. The average Bonchev–Trinajstić information content (AvgIpc) is 2.60. The van der Waals surface area contributed by atoms with E-state index in [-0.39, 0.29) is 6.10 Å². The van der Waals surface area contributed by atoms with Gasteiger partial charge in [-0.05, 0) is 36.6 Å². The lowest BCUT2D eigenvalue weighted by molar-refractivity contribution is 0.162. The monoisotopic (exact) mass is 320 g/mol. The van der Waals surface area contributed by atoms with Crippen molar-refractivity contribution >= 4 is 10.8 Å². The van der Waals surface area contributed by atoms with Gasteiger partial charge >= 0.3 is 0 Å². The first-order chi connectivity index (χ1) is 11.6. The van der Waals surface area contributed by atoms with Crippen molar-refractivity contribution in [1.29, 1.82) is 0 Å². The first kappa shape index (κ1) is 16.5. The Bertz CT molecular complexity index is 831. The van der Waals surface area contributed by atoms with Crippen LogP contribution in [0.3, 0.4) is 0 Å². The van der Waals surface area contributed by atoms with E-state index in [0.29, 0.717) is 6.42 Å².